The second kappa shape index (κ2) is 3.30. The minimum absolute atomic E-state index is 0.631. The van der Waals surface area contributed by atoms with E-state index < -0.39 is 0 Å². The second-order valence-electron chi connectivity index (χ2n) is 2.71. The number of rotatable bonds is 3. The van der Waals surface area contributed by atoms with Gasteiger partial charge < -0.3 is 9.73 Å². The molecule has 0 saturated heterocycles. The van der Waals surface area contributed by atoms with Gasteiger partial charge in [0.15, 0.2) is 5.82 Å². The highest BCUT2D eigenvalue weighted by Crippen LogP contribution is 2.04. The first-order valence-corrected chi connectivity index (χ1v) is 3.97. The lowest BCUT2D eigenvalue weighted by molar-refractivity contribution is 0.518. The van der Waals surface area contributed by atoms with Crippen molar-refractivity contribution < 1.29 is 4.42 Å². The van der Waals surface area contributed by atoms with Crippen molar-refractivity contribution in [3.63, 3.8) is 0 Å². The molecule has 0 aliphatic heterocycles. The highest BCUT2D eigenvalue weighted by molar-refractivity contribution is 5.29. The zero-order valence-corrected chi connectivity index (χ0v) is 7.27. The number of aromatic nitrogens is 3. The summed E-state index contributed by atoms with van der Waals surface area (Å²) in [6.45, 7) is 0.631. The molecule has 0 fully saturated rings. The number of nitrogens with one attached hydrogen (secondary N) is 1. The predicted octanol–water partition coefficient (Wildman–Crippen LogP) is 1.02. The maximum Gasteiger partial charge on any atom is 0.168 e. The van der Waals surface area contributed by atoms with Gasteiger partial charge in [-0.3, -0.25) is 4.68 Å². The molecule has 2 heterocycles. The van der Waals surface area contributed by atoms with Crippen LogP contribution in [0.15, 0.2) is 29.0 Å². The summed E-state index contributed by atoms with van der Waals surface area (Å²) < 4.78 is 6.79. The molecule has 2 aromatic heterocycles. The van der Waals surface area contributed by atoms with Crippen LogP contribution in [0.2, 0.25) is 0 Å². The minimum Gasteiger partial charge on any atom is -0.467 e. The lowest BCUT2D eigenvalue weighted by atomic mass is 10.4. The number of nitrogens with zero attached hydrogens (tertiary/aromatic N) is 3. The summed E-state index contributed by atoms with van der Waals surface area (Å²) >= 11 is 0. The Morgan fingerprint density at radius 2 is 2.54 bits per heavy atom. The quantitative estimate of drug-likeness (QED) is 0.762. The zero-order valence-electron chi connectivity index (χ0n) is 7.27. The first-order chi connectivity index (χ1) is 6.34. The van der Waals surface area contributed by atoms with Crippen LogP contribution in [0.3, 0.4) is 0 Å². The van der Waals surface area contributed by atoms with E-state index >= 15 is 0 Å². The van der Waals surface area contributed by atoms with Crippen LogP contribution in [0.4, 0.5) is 5.82 Å². The van der Waals surface area contributed by atoms with E-state index in [1.807, 2.05) is 25.4 Å². The number of hydrogen-bond acceptors (Lipinski definition) is 4. The van der Waals surface area contributed by atoms with Gasteiger partial charge in [0, 0.05) is 7.05 Å². The molecule has 0 atom stereocenters. The molecule has 68 valence electrons. The lowest BCUT2D eigenvalue weighted by Gasteiger charge is -1.96. The van der Waals surface area contributed by atoms with E-state index in [2.05, 4.69) is 15.6 Å². The number of hydrogen-bond donors (Lipinski definition) is 1. The Kier molecular flexibility index (Phi) is 1.99. The Hall–Kier alpha value is -1.78. The third-order valence-electron chi connectivity index (χ3n) is 1.63. The lowest BCUT2D eigenvalue weighted by Crippen LogP contribution is -1.97. The summed E-state index contributed by atoms with van der Waals surface area (Å²) in [6.07, 6.45) is 3.45. The number of aryl methyl sites for hydroxylation is 1. The zero-order chi connectivity index (χ0) is 9.10. The van der Waals surface area contributed by atoms with Crippen molar-refractivity contribution in [3.8, 4) is 0 Å². The van der Waals surface area contributed by atoms with Crippen LogP contribution in [0, 0.1) is 0 Å². The van der Waals surface area contributed by atoms with Crippen LogP contribution < -0.4 is 5.32 Å². The van der Waals surface area contributed by atoms with Crippen LogP contribution in [0.5, 0.6) is 0 Å². The summed E-state index contributed by atoms with van der Waals surface area (Å²) in [4.78, 5) is 0. The van der Waals surface area contributed by atoms with Gasteiger partial charge in [0.25, 0.3) is 0 Å². The topological polar surface area (TPSA) is 55.9 Å². The van der Waals surface area contributed by atoms with Crippen molar-refractivity contribution in [3.05, 3.63) is 30.4 Å². The summed E-state index contributed by atoms with van der Waals surface area (Å²) in [5.74, 6) is 1.63. The minimum atomic E-state index is 0.631. The van der Waals surface area contributed by atoms with Gasteiger partial charge in [0.2, 0.25) is 0 Å². The van der Waals surface area contributed by atoms with Gasteiger partial charge in [-0.25, -0.2) is 0 Å². The van der Waals surface area contributed by atoms with Gasteiger partial charge in [0.1, 0.15) is 5.76 Å². The summed E-state index contributed by atoms with van der Waals surface area (Å²) in [5, 5.41) is 10.7. The molecule has 1 N–H and O–H groups in total. The summed E-state index contributed by atoms with van der Waals surface area (Å²) in [5.41, 5.74) is 0. The van der Waals surface area contributed by atoms with Crippen LogP contribution in [-0.4, -0.2) is 15.0 Å². The molecule has 5 nitrogen and oxygen atoms in total. The van der Waals surface area contributed by atoms with Gasteiger partial charge in [0.05, 0.1) is 19.0 Å². The summed E-state index contributed by atoms with van der Waals surface area (Å²) in [6, 6.07) is 3.76. The Bertz CT molecular complexity index is 365. The molecule has 0 bridgehead atoms. The smallest absolute Gasteiger partial charge is 0.168 e. The fraction of sp³-hybridized carbons (Fsp3) is 0.250. The number of furan rings is 1. The molecule has 5 heteroatoms. The van der Waals surface area contributed by atoms with Crippen LogP contribution in [-0.2, 0) is 13.6 Å². The molecule has 0 unspecified atom stereocenters. The molecule has 13 heavy (non-hydrogen) atoms. The van der Waals surface area contributed by atoms with Gasteiger partial charge in [-0.2, -0.15) is 0 Å². The molecule has 0 aliphatic carbocycles. The maximum atomic E-state index is 5.14. The van der Waals surface area contributed by atoms with Crippen LogP contribution in [0.1, 0.15) is 5.76 Å². The van der Waals surface area contributed by atoms with E-state index in [0.717, 1.165) is 11.6 Å². The summed E-state index contributed by atoms with van der Waals surface area (Å²) in [7, 11) is 1.82. The van der Waals surface area contributed by atoms with Gasteiger partial charge in [-0.1, -0.05) is 5.21 Å². The highest BCUT2D eigenvalue weighted by atomic mass is 16.3. The van der Waals surface area contributed by atoms with Gasteiger partial charge in [-0.05, 0) is 12.1 Å². The third kappa shape index (κ3) is 1.87. The standard InChI is InChI=1S/C8H10N4O/c1-12-6-8(10-11-12)9-5-7-3-2-4-13-7/h2-4,6,9H,5H2,1H3. The number of anilines is 1. The normalized spacial score (nSPS) is 10.2. The Labute approximate surface area is 75.4 Å². The van der Waals surface area contributed by atoms with Crippen molar-refractivity contribution in [1.82, 2.24) is 15.0 Å². The second-order valence-corrected chi connectivity index (χ2v) is 2.71. The van der Waals surface area contributed by atoms with Crippen molar-refractivity contribution in [1.29, 1.82) is 0 Å². The fourth-order valence-electron chi connectivity index (χ4n) is 1.02. The van der Waals surface area contributed by atoms with Crippen LogP contribution in [0.25, 0.3) is 0 Å². The predicted molar refractivity (Wildman–Crippen MR) is 47.0 cm³/mol. The van der Waals surface area contributed by atoms with Gasteiger partial charge in [-0.15, -0.1) is 5.10 Å². The Balaban J connectivity index is 1.93. The molecule has 0 saturated carbocycles. The molecule has 0 aliphatic rings. The van der Waals surface area contributed by atoms with Crippen molar-refractivity contribution >= 4 is 5.82 Å². The van der Waals surface area contributed by atoms with E-state index in [0.29, 0.717) is 6.54 Å². The van der Waals surface area contributed by atoms with Crippen molar-refractivity contribution in [2.24, 2.45) is 7.05 Å². The molecule has 0 radical (unpaired) electrons. The fourth-order valence-corrected chi connectivity index (χ4v) is 1.02. The first kappa shape index (κ1) is 7.85. The first-order valence-electron chi connectivity index (χ1n) is 3.97. The molecule has 2 aromatic rings. The molecule has 0 aromatic carbocycles. The van der Waals surface area contributed by atoms with E-state index in [1.165, 1.54) is 0 Å². The average Bonchev–Trinajstić information content (AvgIpc) is 2.71. The molecule has 0 spiro atoms. The molecule has 2 rings (SSSR count). The largest absolute Gasteiger partial charge is 0.467 e. The van der Waals surface area contributed by atoms with E-state index in [4.69, 9.17) is 4.42 Å². The van der Waals surface area contributed by atoms with E-state index in [9.17, 15) is 0 Å². The Morgan fingerprint density at radius 3 is 3.15 bits per heavy atom. The SMILES string of the molecule is Cn1cc(NCc2ccco2)nn1. The van der Waals surface area contributed by atoms with E-state index in [-0.39, 0.29) is 0 Å². The van der Waals surface area contributed by atoms with Crippen molar-refractivity contribution in [2.75, 3.05) is 5.32 Å². The third-order valence-corrected chi connectivity index (χ3v) is 1.63. The van der Waals surface area contributed by atoms with Crippen molar-refractivity contribution in [2.45, 2.75) is 6.54 Å². The highest BCUT2D eigenvalue weighted by Gasteiger charge is 1.98. The molecular weight excluding hydrogens is 168 g/mol. The van der Waals surface area contributed by atoms with Gasteiger partial charge >= 0.3 is 0 Å². The molecule has 0 amide bonds. The monoisotopic (exact) mass is 178 g/mol. The van der Waals surface area contributed by atoms with E-state index in [1.54, 1.807) is 10.9 Å². The maximum absolute atomic E-state index is 5.14. The average molecular weight is 178 g/mol. The Morgan fingerprint density at radius 1 is 1.62 bits per heavy atom. The van der Waals surface area contributed by atoms with Crippen LogP contribution >= 0.6 is 0 Å². The molecular formula is C8H10N4O.